The van der Waals surface area contributed by atoms with E-state index >= 15 is 0 Å². The van der Waals surface area contributed by atoms with Gasteiger partial charge in [0.15, 0.2) is 5.13 Å². The van der Waals surface area contributed by atoms with Crippen molar-refractivity contribution in [3.8, 4) is 5.75 Å². The van der Waals surface area contributed by atoms with Crippen molar-refractivity contribution in [1.29, 1.82) is 0 Å². The number of amides is 1. The predicted molar refractivity (Wildman–Crippen MR) is 128 cm³/mol. The van der Waals surface area contributed by atoms with Crippen LogP contribution in [0.2, 0.25) is 0 Å². The Morgan fingerprint density at radius 3 is 2.52 bits per heavy atom. The van der Waals surface area contributed by atoms with E-state index in [9.17, 15) is 9.18 Å². The van der Waals surface area contributed by atoms with Gasteiger partial charge in [0, 0.05) is 18.0 Å². The number of hydrogen-bond donors (Lipinski definition) is 0. The van der Waals surface area contributed by atoms with E-state index < -0.39 is 0 Å². The van der Waals surface area contributed by atoms with Crippen LogP contribution in [0, 0.1) is 5.82 Å². The van der Waals surface area contributed by atoms with Gasteiger partial charge in [0.05, 0.1) is 17.1 Å². The molecule has 1 amide bonds. The van der Waals surface area contributed by atoms with Gasteiger partial charge in [-0.05, 0) is 56.4 Å². The average molecular weight is 462 g/mol. The highest BCUT2D eigenvalue weighted by Crippen LogP contribution is 2.34. The van der Waals surface area contributed by atoms with E-state index in [1.165, 1.54) is 35.2 Å². The van der Waals surface area contributed by atoms with E-state index in [1.54, 1.807) is 17.0 Å². The van der Waals surface area contributed by atoms with E-state index in [1.807, 2.05) is 25.1 Å². The van der Waals surface area contributed by atoms with E-state index in [2.05, 4.69) is 18.7 Å². The van der Waals surface area contributed by atoms with Crippen molar-refractivity contribution in [3.05, 3.63) is 48.3 Å². The summed E-state index contributed by atoms with van der Waals surface area (Å²) in [6.45, 7) is 9.93. The number of fused-ring (bicyclic) bond motifs is 1. The van der Waals surface area contributed by atoms with Crippen molar-refractivity contribution in [3.63, 3.8) is 0 Å². The van der Waals surface area contributed by atoms with Gasteiger partial charge in [-0.3, -0.25) is 9.69 Å². The van der Waals surface area contributed by atoms with Crippen LogP contribution < -0.4 is 9.64 Å². The summed E-state index contributed by atoms with van der Waals surface area (Å²) >= 11 is 2.91. The number of ether oxygens (including phenoxy) is 1. The van der Waals surface area contributed by atoms with Gasteiger partial charge in [-0.1, -0.05) is 31.3 Å². The van der Waals surface area contributed by atoms with Crippen LogP contribution in [-0.2, 0) is 4.79 Å². The van der Waals surface area contributed by atoms with Crippen LogP contribution in [0.3, 0.4) is 0 Å². The summed E-state index contributed by atoms with van der Waals surface area (Å²) in [5, 5.41) is 0.680. The molecule has 0 unspecified atom stereocenters. The summed E-state index contributed by atoms with van der Waals surface area (Å²) in [6, 6.07) is 12.1. The number of carbonyl (C=O) groups excluding carboxylic acids is 1. The van der Waals surface area contributed by atoms with Crippen molar-refractivity contribution < 1.29 is 13.9 Å². The van der Waals surface area contributed by atoms with Crippen LogP contribution in [0.5, 0.6) is 5.75 Å². The summed E-state index contributed by atoms with van der Waals surface area (Å²) in [6.07, 6.45) is 0. The molecule has 0 saturated carbocycles. The minimum atomic E-state index is -0.281. The Hall–Kier alpha value is -2.16. The highest BCUT2D eigenvalue weighted by atomic mass is 32.2. The lowest BCUT2D eigenvalue weighted by atomic mass is 10.3. The summed E-state index contributed by atoms with van der Waals surface area (Å²) in [4.78, 5) is 22.9. The van der Waals surface area contributed by atoms with E-state index in [0.717, 1.165) is 40.5 Å². The first-order valence-corrected chi connectivity index (χ1v) is 12.3. The van der Waals surface area contributed by atoms with Crippen molar-refractivity contribution in [2.45, 2.75) is 25.7 Å². The third kappa shape index (κ3) is 6.18. The molecule has 166 valence electrons. The smallest absolute Gasteiger partial charge is 0.239 e. The predicted octanol–water partition coefficient (Wildman–Crippen LogP) is 5.30. The lowest BCUT2D eigenvalue weighted by Gasteiger charge is -2.24. The van der Waals surface area contributed by atoms with Crippen LogP contribution >= 0.6 is 23.1 Å². The SMILES string of the molecule is CCOc1cccc2sc(N(CCN(CC)CC)C(=O)CSc3ccc(F)cc3)nc12. The molecule has 0 bridgehead atoms. The molecular formula is C23H28FN3O2S2. The van der Waals surface area contributed by atoms with E-state index in [4.69, 9.17) is 9.72 Å². The Labute approximate surface area is 191 Å². The molecule has 8 heteroatoms. The third-order valence-corrected chi connectivity index (χ3v) is 6.95. The lowest BCUT2D eigenvalue weighted by Crippen LogP contribution is -2.39. The van der Waals surface area contributed by atoms with Crippen LogP contribution in [0.4, 0.5) is 9.52 Å². The maximum Gasteiger partial charge on any atom is 0.239 e. The van der Waals surface area contributed by atoms with E-state index in [-0.39, 0.29) is 17.5 Å². The van der Waals surface area contributed by atoms with Gasteiger partial charge >= 0.3 is 0 Å². The molecule has 0 fully saturated rings. The first kappa shape index (κ1) is 23.5. The fraction of sp³-hybridized carbons (Fsp3) is 0.391. The maximum atomic E-state index is 13.2. The molecule has 1 heterocycles. The van der Waals surface area contributed by atoms with E-state index in [0.29, 0.717) is 18.3 Å². The van der Waals surface area contributed by atoms with Gasteiger partial charge in [0.1, 0.15) is 17.1 Å². The Morgan fingerprint density at radius 1 is 1.10 bits per heavy atom. The molecule has 0 aliphatic rings. The van der Waals surface area contributed by atoms with Gasteiger partial charge < -0.3 is 9.64 Å². The van der Waals surface area contributed by atoms with Crippen LogP contribution in [0.1, 0.15) is 20.8 Å². The number of rotatable bonds is 11. The van der Waals surface area contributed by atoms with Gasteiger partial charge in [-0.2, -0.15) is 0 Å². The minimum Gasteiger partial charge on any atom is -0.492 e. The topological polar surface area (TPSA) is 45.7 Å². The standard InChI is InChI=1S/C23H28FN3O2S2/c1-4-26(5-2)14-15-27(21(28)16-30-18-12-10-17(24)11-13-18)23-25-22-19(29-6-3)8-7-9-20(22)31-23/h7-13H,4-6,14-16H2,1-3H3. The highest BCUT2D eigenvalue weighted by molar-refractivity contribution is 8.00. The molecule has 0 saturated heterocycles. The van der Waals surface area contributed by atoms with Gasteiger partial charge in [-0.25, -0.2) is 9.37 Å². The Balaban J connectivity index is 1.83. The summed E-state index contributed by atoms with van der Waals surface area (Å²) in [7, 11) is 0. The molecule has 5 nitrogen and oxygen atoms in total. The molecule has 0 aliphatic carbocycles. The number of thioether (sulfide) groups is 1. The molecule has 0 aliphatic heterocycles. The van der Waals surface area contributed by atoms with Crippen molar-refractivity contribution in [2.24, 2.45) is 0 Å². The molecule has 3 rings (SSSR count). The molecule has 3 aromatic rings. The molecule has 0 radical (unpaired) electrons. The number of nitrogens with zero attached hydrogens (tertiary/aromatic N) is 3. The molecule has 2 aromatic carbocycles. The minimum absolute atomic E-state index is 0.0153. The number of aromatic nitrogens is 1. The molecule has 0 N–H and O–H groups in total. The number of carbonyl (C=O) groups is 1. The largest absolute Gasteiger partial charge is 0.492 e. The Kier molecular flexibility index (Phi) is 8.69. The molecule has 1 aromatic heterocycles. The quantitative estimate of drug-likeness (QED) is 0.363. The summed E-state index contributed by atoms with van der Waals surface area (Å²) < 4.78 is 19.9. The zero-order valence-corrected chi connectivity index (χ0v) is 19.8. The van der Waals surface area contributed by atoms with Gasteiger partial charge in [0.2, 0.25) is 5.91 Å². The molecule has 31 heavy (non-hydrogen) atoms. The Bertz CT molecular complexity index is 990. The molecule has 0 atom stereocenters. The number of anilines is 1. The first-order chi connectivity index (χ1) is 15.0. The maximum absolute atomic E-state index is 13.2. The van der Waals surface area contributed by atoms with Gasteiger partial charge in [-0.15, -0.1) is 11.8 Å². The van der Waals surface area contributed by atoms with Gasteiger partial charge in [0.25, 0.3) is 0 Å². The second-order valence-electron chi connectivity index (χ2n) is 6.85. The molecule has 0 spiro atoms. The number of para-hydroxylation sites is 1. The third-order valence-electron chi connectivity index (χ3n) is 4.91. The average Bonchev–Trinajstić information content (AvgIpc) is 3.21. The zero-order chi connectivity index (χ0) is 22.2. The number of hydrogen-bond acceptors (Lipinski definition) is 6. The van der Waals surface area contributed by atoms with Crippen LogP contribution in [-0.4, -0.2) is 54.3 Å². The number of thiazole rings is 1. The monoisotopic (exact) mass is 461 g/mol. The fourth-order valence-corrected chi connectivity index (χ4v) is 4.96. The second-order valence-corrected chi connectivity index (χ2v) is 8.91. The highest BCUT2D eigenvalue weighted by Gasteiger charge is 2.21. The van der Waals surface area contributed by atoms with Crippen LogP contribution in [0.15, 0.2) is 47.4 Å². The number of benzene rings is 2. The number of likely N-dealkylation sites (N-methyl/N-ethyl adjacent to an activating group) is 1. The summed E-state index contributed by atoms with van der Waals surface area (Å²) in [5.41, 5.74) is 0.788. The van der Waals surface area contributed by atoms with Crippen molar-refractivity contribution in [1.82, 2.24) is 9.88 Å². The lowest BCUT2D eigenvalue weighted by molar-refractivity contribution is -0.116. The zero-order valence-electron chi connectivity index (χ0n) is 18.1. The summed E-state index contributed by atoms with van der Waals surface area (Å²) in [5.74, 6) is 0.701. The second kappa shape index (κ2) is 11.5. The number of halogens is 1. The molecular weight excluding hydrogens is 433 g/mol. The Morgan fingerprint density at radius 2 is 1.84 bits per heavy atom. The fourth-order valence-electron chi connectivity index (χ4n) is 3.16. The van der Waals surface area contributed by atoms with Crippen LogP contribution in [0.25, 0.3) is 10.2 Å². The van der Waals surface area contributed by atoms with Crippen molar-refractivity contribution >= 4 is 44.4 Å². The van der Waals surface area contributed by atoms with Crippen molar-refractivity contribution in [2.75, 3.05) is 43.4 Å². The first-order valence-electron chi connectivity index (χ1n) is 10.5. The normalized spacial score (nSPS) is 11.3.